The molecule has 0 atom stereocenters. The Morgan fingerprint density at radius 3 is 2.63 bits per heavy atom. The second kappa shape index (κ2) is 8.37. The van der Waals surface area contributed by atoms with Crippen LogP contribution in [0.4, 0.5) is 0 Å². The van der Waals surface area contributed by atoms with Gasteiger partial charge in [0.05, 0.1) is 0 Å². The molecule has 0 amide bonds. The van der Waals surface area contributed by atoms with Gasteiger partial charge < -0.3 is 20.1 Å². The van der Waals surface area contributed by atoms with E-state index in [0.29, 0.717) is 12.2 Å². The third kappa shape index (κ3) is 4.04. The second-order valence-corrected chi connectivity index (χ2v) is 7.25. The number of carboxylic acid groups (broad SMARTS) is 2. The van der Waals surface area contributed by atoms with Gasteiger partial charge in [0.1, 0.15) is 0 Å². The average Bonchev–Trinajstić information content (AvgIpc) is 3.24. The molecule has 4 rings (SSSR count). The second-order valence-electron chi connectivity index (χ2n) is 6.31. The summed E-state index contributed by atoms with van der Waals surface area (Å²) in [5, 5.41) is 24.3. The van der Waals surface area contributed by atoms with Gasteiger partial charge in [-0.1, -0.05) is 6.92 Å². The molecular weight excluding hydrogens is 364 g/mol. The van der Waals surface area contributed by atoms with Crippen LogP contribution in [0.25, 0.3) is 21.0 Å². The molecule has 0 fully saturated rings. The van der Waals surface area contributed by atoms with Gasteiger partial charge in [0.2, 0.25) is 0 Å². The molecule has 0 bridgehead atoms. The first-order chi connectivity index (χ1) is 13.0. The van der Waals surface area contributed by atoms with Gasteiger partial charge in [-0.2, -0.15) is 0 Å². The summed E-state index contributed by atoms with van der Waals surface area (Å²) in [7, 11) is 0. The molecule has 0 saturated heterocycles. The zero-order valence-electron chi connectivity index (χ0n) is 15.1. The SMILES string of the molecule is CCCn1c2c(c3c4ccsc4ccc31)CNCC2.O=C(O)/C=C\C(=O)O. The van der Waals surface area contributed by atoms with Crippen LogP contribution in [0.3, 0.4) is 0 Å². The average molecular weight is 386 g/mol. The highest BCUT2D eigenvalue weighted by atomic mass is 32.1. The first-order valence-corrected chi connectivity index (χ1v) is 9.75. The minimum absolute atomic E-state index is 0.558. The van der Waals surface area contributed by atoms with Crippen molar-refractivity contribution in [2.75, 3.05) is 6.54 Å². The molecule has 142 valence electrons. The van der Waals surface area contributed by atoms with E-state index in [1.807, 2.05) is 11.3 Å². The maximum absolute atomic E-state index is 9.55. The number of aliphatic carboxylic acids is 2. The molecule has 3 aromatic rings. The number of aryl methyl sites for hydroxylation is 1. The lowest BCUT2D eigenvalue weighted by Gasteiger charge is -2.16. The number of nitrogens with zero attached hydrogens (tertiary/aromatic N) is 1. The fraction of sp³-hybridized carbons (Fsp3) is 0.300. The Balaban J connectivity index is 0.000000226. The van der Waals surface area contributed by atoms with Crippen molar-refractivity contribution in [2.24, 2.45) is 0 Å². The van der Waals surface area contributed by atoms with E-state index in [9.17, 15) is 9.59 Å². The van der Waals surface area contributed by atoms with Crippen LogP contribution in [0.2, 0.25) is 0 Å². The Morgan fingerprint density at radius 2 is 1.96 bits per heavy atom. The van der Waals surface area contributed by atoms with E-state index >= 15 is 0 Å². The fourth-order valence-corrected chi connectivity index (χ4v) is 4.34. The number of hydrogen-bond acceptors (Lipinski definition) is 4. The van der Waals surface area contributed by atoms with Gasteiger partial charge in [0, 0.05) is 64.9 Å². The first-order valence-electron chi connectivity index (χ1n) is 8.87. The highest BCUT2D eigenvalue weighted by molar-refractivity contribution is 7.17. The normalized spacial score (nSPS) is 13.5. The van der Waals surface area contributed by atoms with Crippen molar-refractivity contribution < 1.29 is 19.8 Å². The Bertz CT molecular complexity index is 1000. The summed E-state index contributed by atoms with van der Waals surface area (Å²) < 4.78 is 3.97. The van der Waals surface area contributed by atoms with Crippen LogP contribution in [0, 0.1) is 0 Å². The molecular formula is C20H22N2O4S. The molecule has 2 aromatic heterocycles. The summed E-state index contributed by atoms with van der Waals surface area (Å²) >= 11 is 1.85. The molecule has 0 unspecified atom stereocenters. The van der Waals surface area contributed by atoms with Gasteiger partial charge >= 0.3 is 11.9 Å². The number of thiophene rings is 1. The third-order valence-corrected chi connectivity index (χ3v) is 5.42. The fourth-order valence-electron chi connectivity index (χ4n) is 3.55. The molecule has 1 aromatic carbocycles. The Kier molecular flexibility index (Phi) is 5.93. The predicted molar refractivity (Wildman–Crippen MR) is 107 cm³/mol. The van der Waals surface area contributed by atoms with E-state index < -0.39 is 11.9 Å². The Labute approximate surface area is 160 Å². The first kappa shape index (κ1) is 19.1. The molecule has 0 spiro atoms. The van der Waals surface area contributed by atoms with E-state index in [-0.39, 0.29) is 0 Å². The zero-order chi connectivity index (χ0) is 19.4. The quantitative estimate of drug-likeness (QED) is 0.596. The lowest BCUT2D eigenvalue weighted by molar-refractivity contribution is -0.134. The van der Waals surface area contributed by atoms with Crippen molar-refractivity contribution in [1.29, 1.82) is 0 Å². The van der Waals surface area contributed by atoms with Gasteiger partial charge in [-0.05, 0) is 35.6 Å². The highest BCUT2D eigenvalue weighted by Crippen LogP contribution is 2.36. The van der Waals surface area contributed by atoms with E-state index in [1.165, 1.54) is 27.4 Å². The molecule has 1 aliphatic heterocycles. The van der Waals surface area contributed by atoms with E-state index in [2.05, 4.69) is 40.4 Å². The number of carboxylic acids is 2. The van der Waals surface area contributed by atoms with Gasteiger partial charge in [-0.25, -0.2) is 9.59 Å². The standard InChI is InChI=1S/C16H18N2S.C4H4O4/c1-2-8-18-13-5-7-17-10-12(13)16-11-6-9-19-15(11)4-3-14(16)18;5-3(6)1-2-4(7)8/h3-4,6,9,17H,2,5,7-8,10H2,1H3;1-2H,(H,5,6)(H,7,8)/b;2-1-. The lowest BCUT2D eigenvalue weighted by Crippen LogP contribution is -2.24. The maximum atomic E-state index is 9.55. The Morgan fingerprint density at radius 1 is 1.22 bits per heavy atom. The van der Waals surface area contributed by atoms with E-state index in [1.54, 1.807) is 11.3 Å². The molecule has 3 N–H and O–H groups in total. The number of rotatable bonds is 4. The zero-order valence-corrected chi connectivity index (χ0v) is 15.9. The number of carbonyl (C=O) groups is 2. The summed E-state index contributed by atoms with van der Waals surface area (Å²) in [6.07, 6.45) is 3.48. The summed E-state index contributed by atoms with van der Waals surface area (Å²) in [6.45, 7) is 5.54. The van der Waals surface area contributed by atoms with Crippen LogP contribution in [0.1, 0.15) is 24.6 Å². The van der Waals surface area contributed by atoms with Crippen molar-refractivity contribution in [3.05, 3.63) is 47.0 Å². The van der Waals surface area contributed by atoms with Gasteiger partial charge in [0.15, 0.2) is 0 Å². The molecule has 3 heterocycles. The number of benzene rings is 1. The van der Waals surface area contributed by atoms with Gasteiger partial charge in [-0.15, -0.1) is 11.3 Å². The largest absolute Gasteiger partial charge is 0.478 e. The van der Waals surface area contributed by atoms with Crippen molar-refractivity contribution in [2.45, 2.75) is 32.9 Å². The Hall–Kier alpha value is -2.64. The van der Waals surface area contributed by atoms with Crippen LogP contribution in [-0.4, -0.2) is 33.3 Å². The van der Waals surface area contributed by atoms with Crippen molar-refractivity contribution in [1.82, 2.24) is 9.88 Å². The minimum Gasteiger partial charge on any atom is -0.478 e. The number of hydrogen-bond donors (Lipinski definition) is 3. The molecule has 0 aliphatic carbocycles. The van der Waals surface area contributed by atoms with E-state index in [4.69, 9.17) is 10.2 Å². The summed E-state index contributed by atoms with van der Waals surface area (Å²) in [6, 6.07) is 6.89. The minimum atomic E-state index is -1.26. The highest BCUT2D eigenvalue weighted by Gasteiger charge is 2.20. The van der Waals surface area contributed by atoms with Gasteiger partial charge in [0.25, 0.3) is 0 Å². The van der Waals surface area contributed by atoms with E-state index in [0.717, 1.165) is 26.1 Å². The predicted octanol–water partition coefficient (Wildman–Crippen LogP) is 3.62. The molecule has 1 aliphatic rings. The molecule has 6 nitrogen and oxygen atoms in total. The lowest BCUT2D eigenvalue weighted by atomic mass is 10.0. The summed E-state index contributed by atoms with van der Waals surface area (Å²) in [4.78, 5) is 19.1. The molecule has 7 heteroatoms. The monoisotopic (exact) mass is 386 g/mol. The van der Waals surface area contributed by atoms with Crippen molar-refractivity contribution >= 4 is 44.3 Å². The smallest absolute Gasteiger partial charge is 0.328 e. The third-order valence-electron chi connectivity index (χ3n) is 4.54. The number of fused-ring (bicyclic) bond motifs is 5. The van der Waals surface area contributed by atoms with Crippen molar-refractivity contribution in [3.8, 4) is 0 Å². The molecule has 0 saturated carbocycles. The number of aromatic nitrogens is 1. The summed E-state index contributed by atoms with van der Waals surface area (Å²) in [5.41, 5.74) is 4.54. The van der Waals surface area contributed by atoms with Crippen LogP contribution in [0.15, 0.2) is 35.7 Å². The molecule has 0 radical (unpaired) electrons. The van der Waals surface area contributed by atoms with Gasteiger partial charge in [-0.3, -0.25) is 0 Å². The van der Waals surface area contributed by atoms with Crippen LogP contribution >= 0.6 is 11.3 Å². The van der Waals surface area contributed by atoms with Crippen molar-refractivity contribution in [3.63, 3.8) is 0 Å². The maximum Gasteiger partial charge on any atom is 0.328 e. The number of nitrogens with one attached hydrogen (secondary N) is 1. The summed E-state index contributed by atoms with van der Waals surface area (Å²) in [5.74, 6) is -2.51. The van der Waals surface area contributed by atoms with Crippen LogP contribution in [-0.2, 0) is 29.1 Å². The molecule has 27 heavy (non-hydrogen) atoms. The van der Waals surface area contributed by atoms with Crippen LogP contribution in [0.5, 0.6) is 0 Å². The van der Waals surface area contributed by atoms with Crippen LogP contribution < -0.4 is 5.32 Å². The topological polar surface area (TPSA) is 91.6 Å².